The van der Waals surface area contributed by atoms with Crippen molar-refractivity contribution in [2.75, 3.05) is 0 Å². The van der Waals surface area contributed by atoms with Gasteiger partial charge in [-0.1, -0.05) is 42.5 Å². The first kappa shape index (κ1) is 13.4. The van der Waals surface area contributed by atoms with E-state index in [2.05, 4.69) is 6.07 Å². The van der Waals surface area contributed by atoms with Gasteiger partial charge in [0.25, 0.3) is 0 Å². The first-order valence-electron chi connectivity index (χ1n) is 6.92. The molecule has 0 atom stereocenters. The molecule has 1 aliphatic rings. The number of Topliss-reactive ketones (excluding diaryl/α,β-unsaturated/α-hetero) is 1. The fraction of sp³-hybridized carbons (Fsp3) is 0.222. The van der Waals surface area contributed by atoms with E-state index in [-0.39, 0.29) is 5.78 Å². The summed E-state index contributed by atoms with van der Waals surface area (Å²) in [7, 11) is 0. The van der Waals surface area contributed by atoms with Crippen LogP contribution in [-0.4, -0.2) is 5.78 Å². The summed E-state index contributed by atoms with van der Waals surface area (Å²) in [5.74, 6) is 0.873. The Morgan fingerprint density at radius 2 is 1.86 bits per heavy atom. The summed E-state index contributed by atoms with van der Waals surface area (Å²) in [6.07, 6.45) is 0.622. The van der Waals surface area contributed by atoms with Crippen LogP contribution in [0.1, 0.15) is 24.0 Å². The van der Waals surface area contributed by atoms with Gasteiger partial charge in [0, 0.05) is 12.8 Å². The van der Waals surface area contributed by atoms with Gasteiger partial charge in [0.15, 0.2) is 0 Å². The normalized spacial score (nSPS) is 15.9. The summed E-state index contributed by atoms with van der Waals surface area (Å²) in [5.41, 5.74) is 1.32. The number of carbonyl (C=O) groups is 1. The van der Waals surface area contributed by atoms with Crippen LogP contribution in [0, 0.1) is 11.3 Å². The van der Waals surface area contributed by atoms with Gasteiger partial charge in [0.05, 0.1) is 11.5 Å². The Balaban J connectivity index is 1.75. The summed E-state index contributed by atoms with van der Waals surface area (Å²) < 4.78 is 5.77. The van der Waals surface area contributed by atoms with Crippen LogP contribution in [0.2, 0.25) is 0 Å². The van der Waals surface area contributed by atoms with Crippen LogP contribution in [0.3, 0.4) is 0 Å². The van der Waals surface area contributed by atoms with E-state index in [4.69, 9.17) is 4.74 Å². The monoisotopic (exact) mass is 277 g/mol. The van der Waals surface area contributed by atoms with E-state index in [1.54, 1.807) is 0 Å². The Morgan fingerprint density at radius 1 is 1.10 bits per heavy atom. The zero-order valence-corrected chi connectivity index (χ0v) is 11.6. The van der Waals surface area contributed by atoms with E-state index < -0.39 is 5.41 Å². The Bertz CT molecular complexity index is 693. The number of benzene rings is 2. The molecule has 2 aromatic carbocycles. The number of ketones is 1. The second-order valence-corrected chi connectivity index (χ2v) is 5.39. The smallest absolute Gasteiger partial charge is 0.136 e. The number of carbonyl (C=O) groups excluding carboxylic acids is 1. The first-order chi connectivity index (χ1) is 10.2. The molecular weight excluding hydrogens is 262 g/mol. The topological polar surface area (TPSA) is 50.1 Å². The predicted molar refractivity (Wildman–Crippen MR) is 78.7 cm³/mol. The lowest BCUT2D eigenvalue weighted by atomic mass is 9.65. The Labute approximate surface area is 123 Å². The van der Waals surface area contributed by atoms with Crippen molar-refractivity contribution >= 4 is 5.78 Å². The van der Waals surface area contributed by atoms with Gasteiger partial charge in [0.2, 0.25) is 0 Å². The Kier molecular flexibility index (Phi) is 3.45. The van der Waals surface area contributed by atoms with Gasteiger partial charge in [0.1, 0.15) is 18.1 Å². The van der Waals surface area contributed by atoms with Gasteiger partial charge < -0.3 is 4.74 Å². The van der Waals surface area contributed by atoms with Crippen LogP contribution < -0.4 is 4.74 Å². The molecule has 0 radical (unpaired) electrons. The number of hydrogen-bond donors (Lipinski definition) is 0. The Hall–Kier alpha value is -2.60. The summed E-state index contributed by atoms with van der Waals surface area (Å²) in [5, 5.41) is 9.36. The van der Waals surface area contributed by atoms with Crippen molar-refractivity contribution in [2.45, 2.75) is 24.9 Å². The lowest BCUT2D eigenvalue weighted by Gasteiger charge is -2.34. The molecule has 0 N–H and O–H groups in total. The second-order valence-electron chi connectivity index (χ2n) is 5.39. The van der Waals surface area contributed by atoms with Crippen molar-refractivity contribution in [1.29, 1.82) is 5.26 Å². The molecule has 0 spiro atoms. The van der Waals surface area contributed by atoms with Gasteiger partial charge in [-0.2, -0.15) is 5.26 Å². The quantitative estimate of drug-likeness (QED) is 0.860. The lowest BCUT2D eigenvalue weighted by Crippen LogP contribution is -2.40. The minimum atomic E-state index is -0.650. The summed E-state index contributed by atoms with van der Waals surface area (Å²) in [4.78, 5) is 11.3. The second kappa shape index (κ2) is 5.41. The molecule has 21 heavy (non-hydrogen) atoms. The SMILES string of the molecule is N#CC1(c2cccc(OCc3ccccc3)c2)CC(=O)C1. The van der Waals surface area contributed by atoms with E-state index in [0.717, 1.165) is 16.9 Å². The zero-order chi connectivity index (χ0) is 14.7. The number of rotatable bonds is 4. The van der Waals surface area contributed by atoms with Crippen molar-refractivity contribution in [3.8, 4) is 11.8 Å². The largest absolute Gasteiger partial charge is 0.489 e. The molecule has 104 valence electrons. The molecule has 3 nitrogen and oxygen atoms in total. The average molecular weight is 277 g/mol. The number of nitrogens with zero attached hydrogens (tertiary/aromatic N) is 1. The molecule has 3 heteroatoms. The van der Waals surface area contributed by atoms with Gasteiger partial charge in [-0.05, 0) is 23.3 Å². The zero-order valence-electron chi connectivity index (χ0n) is 11.6. The molecule has 0 bridgehead atoms. The third-order valence-electron chi connectivity index (χ3n) is 3.85. The lowest BCUT2D eigenvalue weighted by molar-refractivity contribution is -0.126. The highest BCUT2D eigenvalue weighted by Crippen LogP contribution is 2.41. The molecule has 2 aromatic rings. The standard InChI is InChI=1S/C18H15NO2/c19-13-18(10-16(20)11-18)15-7-4-8-17(9-15)21-12-14-5-2-1-3-6-14/h1-9H,10-12H2. The maximum atomic E-state index is 11.3. The fourth-order valence-electron chi connectivity index (χ4n) is 2.59. The van der Waals surface area contributed by atoms with Crippen LogP contribution in [0.5, 0.6) is 5.75 Å². The van der Waals surface area contributed by atoms with Gasteiger partial charge in [-0.25, -0.2) is 0 Å². The Morgan fingerprint density at radius 3 is 2.52 bits per heavy atom. The van der Waals surface area contributed by atoms with Crippen molar-refractivity contribution in [2.24, 2.45) is 0 Å². The summed E-state index contributed by atoms with van der Waals surface area (Å²) in [6, 6.07) is 19.7. The summed E-state index contributed by atoms with van der Waals surface area (Å²) in [6.45, 7) is 0.489. The highest BCUT2D eigenvalue weighted by molar-refractivity contribution is 5.90. The van der Waals surface area contributed by atoms with Crippen molar-refractivity contribution in [3.63, 3.8) is 0 Å². The van der Waals surface area contributed by atoms with Crippen LogP contribution in [0.15, 0.2) is 54.6 Å². The molecule has 3 rings (SSSR count). The van der Waals surface area contributed by atoms with Crippen molar-refractivity contribution in [1.82, 2.24) is 0 Å². The van der Waals surface area contributed by atoms with Crippen LogP contribution in [0.25, 0.3) is 0 Å². The number of ether oxygens (including phenoxy) is 1. The molecule has 1 aliphatic carbocycles. The van der Waals surface area contributed by atoms with E-state index in [1.165, 1.54) is 0 Å². The van der Waals surface area contributed by atoms with Gasteiger partial charge >= 0.3 is 0 Å². The summed E-state index contributed by atoms with van der Waals surface area (Å²) >= 11 is 0. The molecule has 0 amide bonds. The highest BCUT2D eigenvalue weighted by atomic mass is 16.5. The maximum Gasteiger partial charge on any atom is 0.136 e. The third-order valence-corrected chi connectivity index (χ3v) is 3.85. The van der Waals surface area contributed by atoms with Crippen LogP contribution in [0.4, 0.5) is 0 Å². The molecule has 0 aliphatic heterocycles. The number of nitriles is 1. The predicted octanol–water partition coefficient (Wildman–Crippen LogP) is 3.39. The average Bonchev–Trinajstić information content (AvgIpc) is 2.51. The first-order valence-corrected chi connectivity index (χ1v) is 6.92. The molecule has 0 unspecified atom stereocenters. The molecule has 1 fully saturated rings. The molecule has 1 saturated carbocycles. The minimum Gasteiger partial charge on any atom is -0.489 e. The van der Waals surface area contributed by atoms with E-state index in [9.17, 15) is 10.1 Å². The molecule has 0 heterocycles. The fourth-order valence-corrected chi connectivity index (χ4v) is 2.59. The molecular formula is C18H15NO2. The van der Waals surface area contributed by atoms with E-state index in [1.807, 2.05) is 54.6 Å². The van der Waals surface area contributed by atoms with Crippen molar-refractivity contribution in [3.05, 3.63) is 65.7 Å². The van der Waals surface area contributed by atoms with Crippen LogP contribution >= 0.6 is 0 Å². The van der Waals surface area contributed by atoms with Gasteiger partial charge in [-0.15, -0.1) is 0 Å². The van der Waals surface area contributed by atoms with Gasteiger partial charge in [-0.3, -0.25) is 4.79 Å². The minimum absolute atomic E-state index is 0.146. The van der Waals surface area contributed by atoms with E-state index >= 15 is 0 Å². The maximum absolute atomic E-state index is 11.3. The number of hydrogen-bond acceptors (Lipinski definition) is 3. The third kappa shape index (κ3) is 2.66. The highest BCUT2D eigenvalue weighted by Gasteiger charge is 2.45. The molecule has 0 aromatic heterocycles. The van der Waals surface area contributed by atoms with Crippen LogP contribution in [-0.2, 0) is 16.8 Å². The molecule has 0 saturated heterocycles. The van der Waals surface area contributed by atoms with Crippen molar-refractivity contribution < 1.29 is 9.53 Å². The van der Waals surface area contributed by atoms with E-state index in [0.29, 0.717) is 19.4 Å².